The smallest absolute Gasteiger partial charge is 0.255 e. The van der Waals surface area contributed by atoms with Crippen LogP contribution in [0.1, 0.15) is 22.8 Å². The molecule has 0 radical (unpaired) electrons. The summed E-state index contributed by atoms with van der Waals surface area (Å²) in [5.74, 6) is 0.742. The van der Waals surface area contributed by atoms with Gasteiger partial charge in [0.05, 0.1) is 6.61 Å². The lowest BCUT2D eigenvalue weighted by Gasteiger charge is -2.10. The van der Waals surface area contributed by atoms with Crippen molar-refractivity contribution in [3.8, 4) is 5.75 Å². The standard InChI is InChI=1S/C17H19NO2S/c1-4-20-16-10-7-14(11-12(16)2)18-17(19)13-5-8-15(21-3)9-6-13/h5-11H,4H2,1-3H3,(H,18,19). The average molecular weight is 301 g/mol. The first-order chi connectivity index (χ1) is 10.1. The molecule has 2 rings (SSSR count). The van der Waals surface area contributed by atoms with Crippen LogP contribution in [0.2, 0.25) is 0 Å². The number of ether oxygens (including phenoxy) is 1. The first-order valence-electron chi connectivity index (χ1n) is 6.83. The van der Waals surface area contributed by atoms with Crippen LogP contribution >= 0.6 is 11.8 Å². The minimum absolute atomic E-state index is 0.105. The molecule has 2 aromatic carbocycles. The molecule has 0 spiro atoms. The van der Waals surface area contributed by atoms with E-state index in [9.17, 15) is 4.79 Å². The normalized spacial score (nSPS) is 10.2. The first-order valence-corrected chi connectivity index (χ1v) is 8.05. The van der Waals surface area contributed by atoms with Crippen molar-refractivity contribution in [1.82, 2.24) is 0 Å². The summed E-state index contributed by atoms with van der Waals surface area (Å²) in [4.78, 5) is 13.3. The Hall–Kier alpha value is -1.94. The molecule has 1 amide bonds. The van der Waals surface area contributed by atoms with Crippen LogP contribution in [0.25, 0.3) is 0 Å². The number of hydrogen-bond acceptors (Lipinski definition) is 3. The van der Waals surface area contributed by atoms with Crippen molar-refractivity contribution in [3.05, 3.63) is 53.6 Å². The predicted octanol–water partition coefficient (Wildman–Crippen LogP) is 4.37. The maximum absolute atomic E-state index is 12.2. The van der Waals surface area contributed by atoms with E-state index in [1.54, 1.807) is 11.8 Å². The molecule has 0 aliphatic carbocycles. The summed E-state index contributed by atoms with van der Waals surface area (Å²) < 4.78 is 5.49. The molecule has 0 bridgehead atoms. The summed E-state index contributed by atoms with van der Waals surface area (Å²) in [5.41, 5.74) is 2.43. The van der Waals surface area contributed by atoms with E-state index < -0.39 is 0 Å². The lowest BCUT2D eigenvalue weighted by molar-refractivity contribution is 0.102. The molecular formula is C17H19NO2S. The van der Waals surface area contributed by atoms with Crippen molar-refractivity contribution >= 4 is 23.4 Å². The van der Waals surface area contributed by atoms with Crippen molar-refractivity contribution < 1.29 is 9.53 Å². The highest BCUT2D eigenvalue weighted by Gasteiger charge is 2.07. The van der Waals surface area contributed by atoms with Crippen LogP contribution in [0, 0.1) is 6.92 Å². The molecule has 1 N–H and O–H groups in total. The first kappa shape index (κ1) is 15.4. The summed E-state index contributed by atoms with van der Waals surface area (Å²) in [5, 5.41) is 2.90. The Bertz CT molecular complexity index is 623. The number of nitrogens with one attached hydrogen (secondary N) is 1. The highest BCUT2D eigenvalue weighted by atomic mass is 32.2. The Morgan fingerprint density at radius 2 is 1.90 bits per heavy atom. The van der Waals surface area contributed by atoms with E-state index in [1.807, 2.05) is 62.6 Å². The molecule has 4 heteroatoms. The molecule has 0 saturated carbocycles. The summed E-state index contributed by atoms with van der Waals surface area (Å²) >= 11 is 1.66. The molecule has 0 atom stereocenters. The fourth-order valence-corrected chi connectivity index (χ4v) is 2.40. The van der Waals surface area contributed by atoms with Gasteiger partial charge in [-0.05, 0) is 68.1 Å². The molecule has 0 unspecified atom stereocenters. The topological polar surface area (TPSA) is 38.3 Å². The van der Waals surface area contributed by atoms with E-state index in [0.717, 1.165) is 21.9 Å². The number of anilines is 1. The zero-order valence-electron chi connectivity index (χ0n) is 12.5. The van der Waals surface area contributed by atoms with E-state index in [-0.39, 0.29) is 5.91 Å². The van der Waals surface area contributed by atoms with E-state index in [1.165, 1.54) is 0 Å². The van der Waals surface area contributed by atoms with Gasteiger partial charge in [-0.1, -0.05) is 0 Å². The van der Waals surface area contributed by atoms with Crippen LogP contribution in [0.3, 0.4) is 0 Å². The molecule has 0 aromatic heterocycles. The van der Waals surface area contributed by atoms with Gasteiger partial charge in [-0.25, -0.2) is 0 Å². The lowest BCUT2D eigenvalue weighted by Crippen LogP contribution is -2.11. The summed E-state index contributed by atoms with van der Waals surface area (Å²) in [6.07, 6.45) is 2.01. The molecule has 2 aromatic rings. The van der Waals surface area contributed by atoms with E-state index in [2.05, 4.69) is 5.32 Å². The lowest BCUT2D eigenvalue weighted by atomic mass is 10.1. The maximum atomic E-state index is 12.2. The van der Waals surface area contributed by atoms with Gasteiger partial charge >= 0.3 is 0 Å². The number of hydrogen-bond donors (Lipinski definition) is 1. The Kier molecular flexibility index (Phi) is 5.28. The van der Waals surface area contributed by atoms with Crippen molar-refractivity contribution in [2.75, 3.05) is 18.2 Å². The van der Waals surface area contributed by atoms with Crippen molar-refractivity contribution in [2.24, 2.45) is 0 Å². The van der Waals surface area contributed by atoms with Gasteiger partial charge in [0, 0.05) is 16.1 Å². The van der Waals surface area contributed by atoms with Gasteiger partial charge in [-0.15, -0.1) is 11.8 Å². The van der Waals surface area contributed by atoms with Gasteiger partial charge in [0.25, 0.3) is 5.91 Å². The number of aryl methyl sites for hydroxylation is 1. The monoisotopic (exact) mass is 301 g/mol. The minimum Gasteiger partial charge on any atom is -0.494 e. The fourth-order valence-electron chi connectivity index (χ4n) is 1.99. The number of thioether (sulfide) groups is 1. The zero-order chi connectivity index (χ0) is 15.2. The van der Waals surface area contributed by atoms with E-state index in [0.29, 0.717) is 12.2 Å². The Morgan fingerprint density at radius 1 is 1.19 bits per heavy atom. The van der Waals surface area contributed by atoms with Gasteiger partial charge in [-0.2, -0.15) is 0 Å². The average Bonchev–Trinajstić information content (AvgIpc) is 2.50. The van der Waals surface area contributed by atoms with E-state index in [4.69, 9.17) is 4.74 Å². The second-order valence-electron chi connectivity index (χ2n) is 4.60. The number of carbonyl (C=O) groups is 1. The molecule has 0 fully saturated rings. The van der Waals surface area contributed by atoms with Crippen LogP contribution in [0.15, 0.2) is 47.4 Å². The third kappa shape index (κ3) is 4.02. The Labute approximate surface area is 129 Å². The second kappa shape index (κ2) is 7.18. The van der Waals surface area contributed by atoms with Crippen LogP contribution in [-0.4, -0.2) is 18.8 Å². The predicted molar refractivity (Wildman–Crippen MR) is 88.5 cm³/mol. The zero-order valence-corrected chi connectivity index (χ0v) is 13.3. The van der Waals surface area contributed by atoms with Gasteiger partial charge in [0.1, 0.15) is 5.75 Å². The number of carbonyl (C=O) groups excluding carboxylic acids is 1. The third-order valence-corrected chi connectivity index (χ3v) is 3.83. The van der Waals surface area contributed by atoms with Gasteiger partial charge in [-0.3, -0.25) is 4.79 Å². The molecule has 0 saturated heterocycles. The van der Waals surface area contributed by atoms with Crippen molar-refractivity contribution in [2.45, 2.75) is 18.7 Å². The maximum Gasteiger partial charge on any atom is 0.255 e. The molecule has 0 heterocycles. The molecule has 0 aliphatic rings. The summed E-state index contributed by atoms with van der Waals surface area (Å²) in [7, 11) is 0. The number of amides is 1. The summed E-state index contributed by atoms with van der Waals surface area (Å²) in [6.45, 7) is 4.55. The van der Waals surface area contributed by atoms with Crippen LogP contribution < -0.4 is 10.1 Å². The van der Waals surface area contributed by atoms with Gasteiger partial charge < -0.3 is 10.1 Å². The second-order valence-corrected chi connectivity index (χ2v) is 5.48. The molecular weight excluding hydrogens is 282 g/mol. The molecule has 0 aliphatic heterocycles. The fraction of sp³-hybridized carbons (Fsp3) is 0.235. The molecule has 110 valence electrons. The van der Waals surface area contributed by atoms with E-state index >= 15 is 0 Å². The van der Waals surface area contributed by atoms with Crippen molar-refractivity contribution in [1.29, 1.82) is 0 Å². The molecule has 3 nitrogen and oxygen atoms in total. The van der Waals surface area contributed by atoms with Crippen LogP contribution in [0.5, 0.6) is 5.75 Å². The SMILES string of the molecule is CCOc1ccc(NC(=O)c2ccc(SC)cc2)cc1C. The number of benzene rings is 2. The minimum atomic E-state index is -0.105. The highest BCUT2D eigenvalue weighted by molar-refractivity contribution is 7.98. The number of rotatable bonds is 5. The third-order valence-electron chi connectivity index (χ3n) is 3.08. The van der Waals surface area contributed by atoms with Crippen molar-refractivity contribution in [3.63, 3.8) is 0 Å². The largest absolute Gasteiger partial charge is 0.494 e. The van der Waals surface area contributed by atoms with Gasteiger partial charge in [0.15, 0.2) is 0 Å². The highest BCUT2D eigenvalue weighted by Crippen LogP contribution is 2.22. The Morgan fingerprint density at radius 3 is 2.48 bits per heavy atom. The molecule has 21 heavy (non-hydrogen) atoms. The Balaban J connectivity index is 2.09. The quantitative estimate of drug-likeness (QED) is 0.833. The van der Waals surface area contributed by atoms with Crippen LogP contribution in [-0.2, 0) is 0 Å². The van der Waals surface area contributed by atoms with Crippen LogP contribution in [0.4, 0.5) is 5.69 Å². The van der Waals surface area contributed by atoms with Gasteiger partial charge in [0.2, 0.25) is 0 Å². The summed E-state index contributed by atoms with van der Waals surface area (Å²) in [6, 6.07) is 13.2.